The van der Waals surface area contributed by atoms with Crippen molar-refractivity contribution < 1.29 is 43.7 Å². The number of furan rings is 1. The predicted octanol–water partition coefficient (Wildman–Crippen LogP) is 12.4. The Morgan fingerprint density at radius 1 is 0.578 bits per heavy atom. The number of nitrogens with zero attached hydrogens (tertiary/aromatic N) is 4. The third kappa shape index (κ3) is 8.72. The maximum atomic E-state index is 9.58. The monoisotopic (exact) mass is 1020 g/mol. The Hall–Kier alpha value is -6.51. The fourth-order valence-electron chi connectivity index (χ4n) is 8.31. The van der Waals surface area contributed by atoms with Crippen LogP contribution in [0.15, 0.2) is 132 Å². The van der Waals surface area contributed by atoms with E-state index in [2.05, 4.69) is 33.2 Å². The van der Waals surface area contributed by atoms with E-state index in [0.29, 0.717) is 38.9 Å². The van der Waals surface area contributed by atoms with Crippen molar-refractivity contribution in [3.05, 3.63) is 207 Å². The van der Waals surface area contributed by atoms with Crippen molar-refractivity contribution in [1.29, 1.82) is 5.26 Å². The van der Waals surface area contributed by atoms with E-state index >= 15 is 0 Å². The zero-order valence-electron chi connectivity index (χ0n) is 48.2. The van der Waals surface area contributed by atoms with Crippen LogP contribution in [-0.2, 0) is 84.0 Å². The van der Waals surface area contributed by atoms with Crippen LogP contribution in [0, 0.1) is 29.5 Å². The summed E-state index contributed by atoms with van der Waals surface area (Å²) in [4.78, 5) is 13.5. The molecule has 0 radical (unpaired) electrons. The molecule has 6 heteroatoms. The maximum Gasteiger partial charge on any atom is 3.00 e. The normalized spacial score (nSPS) is 17.4. The van der Waals surface area contributed by atoms with Crippen LogP contribution >= 0.6 is 0 Å². The van der Waals surface area contributed by atoms with Gasteiger partial charge in [0.1, 0.15) is 5.58 Å². The summed E-state index contributed by atoms with van der Waals surface area (Å²) in [6.07, 6.45) is -8.99. The van der Waals surface area contributed by atoms with Crippen LogP contribution in [0.3, 0.4) is 0 Å². The van der Waals surface area contributed by atoms with Crippen molar-refractivity contribution in [3.63, 3.8) is 0 Å². The number of aromatic nitrogens is 3. The van der Waals surface area contributed by atoms with Crippen LogP contribution in [0.25, 0.3) is 55.7 Å². The molecule has 5 aromatic carbocycles. The third-order valence-electron chi connectivity index (χ3n) is 11.5. The Balaban J connectivity index is 0.00000688. The van der Waals surface area contributed by atoms with Gasteiger partial charge in [0.25, 0.3) is 0 Å². The summed E-state index contributed by atoms with van der Waals surface area (Å²) >= 11 is 0. The van der Waals surface area contributed by atoms with E-state index in [0.717, 1.165) is 62.9 Å². The molecule has 9 aromatic rings. The first-order valence-electron chi connectivity index (χ1n) is 27.9. The fraction of sp³-hybridized carbons (Fsp3) is 0.207. The van der Waals surface area contributed by atoms with Gasteiger partial charge in [-0.05, 0) is 114 Å². The molecule has 4 heterocycles. The minimum absolute atomic E-state index is 0. The zero-order valence-corrected chi connectivity index (χ0v) is 36.6. The predicted molar refractivity (Wildman–Crippen MR) is 250 cm³/mol. The third-order valence-corrected chi connectivity index (χ3v) is 11.5. The number of benzene rings is 5. The molecular formula is C58H45IrN4O. The zero-order chi connectivity index (χ0) is 54.6. The minimum atomic E-state index is -3.17. The van der Waals surface area contributed by atoms with Gasteiger partial charge in [-0.2, -0.15) is 5.26 Å². The second-order valence-electron chi connectivity index (χ2n) is 15.7. The minimum Gasteiger partial charge on any atom is -0.501 e. The van der Waals surface area contributed by atoms with Gasteiger partial charge in [-0.15, -0.1) is 88.0 Å². The summed E-state index contributed by atoms with van der Waals surface area (Å²) in [5, 5.41) is 10.5. The number of fused-ring (bicyclic) bond motifs is 5. The molecule has 0 atom stereocenters. The van der Waals surface area contributed by atoms with E-state index in [1.807, 2.05) is 30.3 Å². The number of pyridine rings is 3. The molecule has 0 aliphatic heterocycles. The number of hydrogen-bond donors (Lipinski definition) is 0. The Morgan fingerprint density at radius 3 is 1.58 bits per heavy atom. The molecule has 0 unspecified atom stereocenters. The van der Waals surface area contributed by atoms with E-state index in [1.54, 1.807) is 24.3 Å². The van der Waals surface area contributed by atoms with Crippen LogP contribution in [-0.4, -0.2) is 15.0 Å². The van der Waals surface area contributed by atoms with Gasteiger partial charge in [-0.25, -0.2) is 0 Å². The second-order valence-corrected chi connectivity index (χ2v) is 15.7. The smallest absolute Gasteiger partial charge is 0.501 e. The molecule has 5 nitrogen and oxygen atoms in total. The summed E-state index contributed by atoms with van der Waals surface area (Å²) in [7, 11) is 0. The van der Waals surface area contributed by atoms with Crippen LogP contribution < -0.4 is 0 Å². The van der Waals surface area contributed by atoms with E-state index in [1.165, 1.54) is 65.0 Å². The molecule has 0 saturated carbocycles. The van der Waals surface area contributed by atoms with Crippen LogP contribution in [0.2, 0.25) is 0 Å². The van der Waals surface area contributed by atoms with E-state index in [4.69, 9.17) is 7.16 Å². The quantitative estimate of drug-likeness (QED) is 0.114. The van der Waals surface area contributed by atoms with Gasteiger partial charge in [0, 0.05) is 40.4 Å². The topological polar surface area (TPSA) is 75.6 Å². The standard InChI is InChI=1S/C58H45N4O.Ir/c59-34-44-16-24-51-52-8-3-9-53(58(52)63-57(51)31-44)56-27-19-40(37-62-56)12-15-43-29-41(13-10-38-17-25-54(60-35-38)49-22-20-45-4-1-6-47(45)32-49)28-42(30-43)14-11-39-18-26-55(61-36-39)50-23-21-46-5-2-7-48(46)33-50;/h3,8,16-21,24-33,35-37H,1-2,4-7,10-15H2;/q-3;+3/i10D2,11D2,12D2,13D2,14D2,15D2,16D,31D;. The Bertz CT molecular complexity index is 3730. The van der Waals surface area contributed by atoms with E-state index < -0.39 is 54.9 Å². The van der Waals surface area contributed by atoms with Crippen molar-refractivity contribution >= 4 is 21.9 Å². The molecule has 0 spiro atoms. The van der Waals surface area contributed by atoms with Crippen molar-refractivity contribution in [2.24, 2.45) is 0 Å². The van der Waals surface area contributed by atoms with Gasteiger partial charge >= 0.3 is 20.1 Å². The Morgan fingerprint density at radius 2 is 1.08 bits per heavy atom. The molecule has 2 aliphatic rings. The molecule has 0 fully saturated rings. The fourth-order valence-corrected chi connectivity index (χ4v) is 8.31. The summed E-state index contributed by atoms with van der Waals surface area (Å²) in [6, 6.07) is 35.0. The number of rotatable bonds is 12. The molecule has 11 rings (SSSR count). The molecule has 64 heavy (non-hydrogen) atoms. The molecule has 4 aromatic heterocycles. The van der Waals surface area contributed by atoms with Gasteiger partial charge < -0.3 is 19.4 Å². The largest absolute Gasteiger partial charge is 3.00 e. The first kappa shape index (κ1) is 28.3. The SMILES string of the molecule is [2H]c1cc2c(oc3c(-c4ccc(C([2H])([2H])C([2H])([2H])c5cc(C([2H])([2H])C([2H])([2H])c6ccc(-c7[c-]cc8c(c7)CCC8)nc6)cc(C([2H])([2H])C([2H])([2H])c6ccc(-c7[c-]cc8c(c7)CCC8)nc6)c5)cn4)[c-]ccc32)c([2H])c1C#N.[Ir+3]. The number of aryl methyl sites for hydroxylation is 10. The van der Waals surface area contributed by atoms with Crippen molar-refractivity contribution in [2.45, 2.75) is 76.8 Å². The van der Waals surface area contributed by atoms with E-state index in [9.17, 15) is 21.7 Å². The average molecular weight is 1020 g/mol. The Kier molecular flexibility index (Phi) is 8.10. The van der Waals surface area contributed by atoms with Crippen LogP contribution in [0.5, 0.6) is 0 Å². The summed E-state index contributed by atoms with van der Waals surface area (Å²) in [5.74, 6) is 0. The molecule has 312 valence electrons. The molecule has 2 aliphatic carbocycles. The molecule has 0 bridgehead atoms. The summed E-state index contributed by atoms with van der Waals surface area (Å²) < 4.78 is 136. The van der Waals surface area contributed by atoms with Gasteiger partial charge in [-0.1, -0.05) is 97.3 Å². The molecule has 0 saturated heterocycles. The Labute approximate surface area is 408 Å². The van der Waals surface area contributed by atoms with Crippen molar-refractivity contribution in [1.82, 2.24) is 15.0 Å². The van der Waals surface area contributed by atoms with Crippen LogP contribution in [0.4, 0.5) is 0 Å². The summed E-state index contributed by atoms with van der Waals surface area (Å²) in [5.41, 5.74) is 5.26. The van der Waals surface area contributed by atoms with Crippen molar-refractivity contribution in [3.8, 4) is 39.8 Å². The maximum absolute atomic E-state index is 9.58. The first-order chi connectivity index (χ1) is 36.4. The first-order valence-corrected chi connectivity index (χ1v) is 20.9. The van der Waals surface area contributed by atoms with Gasteiger partial charge in [0.05, 0.1) is 20.0 Å². The summed E-state index contributed by atoms with van der Waals surface area (Å²) in [6.45, 7) is 0. The number of hydrogen-bond acceptors (Lipinski definition) is 5. The average Bonchev–Trinajstić information content (AvgIpc) is 4.27. The van der Waals surface area contributed by atoms with Crippen molar-refractivity contribution in [2.75, 3.05) is 0 Å². The van der Waals surface area contributed by atoms with Gasteiger partial charge in [0.2, 0.25) is 0 Å². The van der Waals surface area contributed by atoms with Gasteiger partial charge in [0.15, 0.2) is 0 Å². The molecule has 0 amide bonds. The van der Waals surface area contributed by atoms with Crippen LogP contribution in [0.1, 0.15) is 93.2 Å². The van der Waals surface area contributed by atoms with Gasteiger partial charge in [-0.3, -0.25) is 0 Å². The molecular weight excluding hydrogens is 961 g/mol. The number of nitriles is 1. The van der Waals surface area contributed by atoms with E-state index in [-0.39, 0.29) is 71.3 Å². The molecule has 0 N–H and O–H groups in total. The second kappa shape index (κ2) is 18.3.